The Balaban J connectivity index is 1.83. The molecule has 1 amide bonds. The Kier molecular flexibility index (Phi) is 3.61. The van der Waals surface area contributed by atoms with Crippen LogP contribution >= 0.6 is 11.6 Å². The number of hydrogen-bond acceptors (Lipinski definition) is 6. The van der Waals surface area contributed by atoms with Crippen molar-refractivity contribution in [2.45, 2.75) is 6.42 Å². The molecule has 8 heteroatoms. The topological polar surface area (TPSA) is 93.8 Å². The van der Waals surface area contributed by atoms with E-state index in [1.54, 1.807) is 0 Å². The van der Waals surface area contributed by atoms with Crippen LogP contribution in [0.25, 0.3) is 0 Å². The summed E-state index contributed by atoms with van der Waals surface area (Å²) in [5.74, 6) is 0.213. The monoisotopic (exact) mass is 253 g/mol. The Labute approximate surface area is 101 Å². The molecule has 0 aromatic carbocycles. The number of amides is 1. The summed E-state index contributed by atoms with van der Waals surface area (Å²) in [6.45, 7) is 0.392. The lowest BCUT2D eigenvalue weighted by molar-refractivity contribution is 0.0948. The maximum Gasteiger partial charge on any atom is 0.271 e. The van der Waals surface area contributed by atoms with E-state index in [4.69, 9.17) is 11.6 Å². The Morgan fingerprint density at radius 3 is 2.88 bits per heavy atom. The number of carbonyl (C=O) groups excluding carboxylic acids is 1. The molecule has 88 valence electrons. The number of aromatic nitrogens is 4. The largest absolute Gasteiger partial charge is 0.350 e. The van der Waals surface area contributed by atoms with Gasteiger partial charge in [0.25, 0.3) is 5.91 Å². The SMILES string of the molecule is O=C(NCCc1ncon1)c1cnc(Cl)cn1. The number of nitrogens with zero attached hydrogens (tertiary/aromatic N) is 4. The minimum absolute atomic E-state index is 0.211. The second-order valence-electron chi connectivity index (χ2n) is 3.08. The Morgan fingerprint density at radius 2 is 2.24 bits per heavy atom. The quantitative estimate of drug-likeness (QED) is 0.852. The number of nitrogens with one attached hydrogen (secondary N) is 1. The summed E-state index contributed by atoms with van der Waals surface area (Å²) in [6.07, 6.45) is 4.35. The molecule has 2 heterocycles. The summed E-state index contributed by atoms with van der Waals surface area (Å²) < 4.78 is 4.56. The van der Waals surface area contributed by atoms with Crippen molar-refractivity contribution < 1.29 is 9.32 Å². The third kappa shape index (κ3) is 3.22. The van der Waals surface area contributed by atoms with Crippen molar-refractivity contribution in [2.24, 2.45) is 0 Å². The van der Waals surface area contributed by atoms with Crippen LogP contribution in [0.5, 0.6) is 0 Å². The van der Waals surface area contributed by atoms with E-state index in [-0.39, 0.29) is 16.8 Å². The van der Waals surface area contributed by atoms with Crippen molar-refractivity contribution in [1.29, 1.82) is 0 Å². The lowest BCUT2D eigenvalue weighted by Gasteiger charge is -2.01. The maximum absolute atomic E-state index is 11.6. The van der Waals surface area contributed by atoms with E-state index in [0.717, 1.165) is 0 Å². The molecule has 0 bridgehead atoms. The van der Waals surface area contributed by atoms with E-state index in [2.05, 4.69) is 29.9 Å². The van der Waals surface area contributed by atoms with Gasteiger partial charge in [0.1, 0.15) is 10.8 Å². The van der Waals surface area contributed by atoms with Crippen LogP contribution in [0.15, 0.2) is 23.3 Å². The number of rotatable bonds is 4. The Bertz CT molecular complexity index is 485. The van der Waals surface area contributed by atoms with Crippen LogP contribution in [-0.4, -0.2) is 32.6 Å². The summed E-state index contributed by atoms with van der Waals surface area (Å²) in [5, 5.41) is 6.51. The Hall–Kier alpha value is -2.02. The second kappa shape index (κ2) is 5.35. The van der Waals surface area contributed by atoms with Crippen molar-refractivity contribution in [3.8, 4) is 0 Å². The summed E-state index contributed by atoms with van der Waals surface area (Å²) in [7, 11) is 0. The van der Waals surface area contributed by atoms with Crippen LogP contribution in [-0.2, 0) is 6.42 Å². The van der Waals surface area contributed by atoms with Crippen molar-refractivity contribution in [2.75, 3.05) is 6.54 Å². The minimum atomic E-state index is -0.322. The first-order chi connectivity index (χ1) is 8.25. The zero-order valence-corrected chi connectivity index (χ0v) is 9.39. The van der Waals surface area contributed by atoms with Gasteiger partial charge in [-0.1, -0.05) is 16.8 Å². The lowest BCUT2D eigenvalue weighted by atomic mass is 10.3. The summed E-state index contributed by atoms with van der Waals surface area (Å²) in [6, 6.07) is 0. The summed E-state index contributed by atoms with van der Waals surface area (Å²) in [5.41, 5.74) is 0.211. The van der Waals surface area contributed by atoms with Gasteiger partial charge < -0.3 is 9.84 Å². The van der Waals surface area contributed by atoms with Gasteiger partial charge in [-0.3, -0.25) is 4.79 Å². The molecule has 0 radical (unpaired) electrons. The molecule has 0 saturated carbocycles. The summed E-state index contributed by atoms with van der Waals surface area (Å²) >= 11 is 5.56. The molecule has 0 aliphatic carbocycles. The molecule has 17 heavy (non-hydrogen) atoms. The molecule has 0 fully saturated rings. The average molecular weight is 254 g/mol. The van der Waals surface area contributed by atoms with Gasteiger partial charge in [0.2, 0.25) is 6.39 Å². The van der Waals surface area contributed by atoms with Gasteiger partial charge in [-0.05, 0) is 0 Å². The second-order valence-corrected chi connectivity index (χ2v) is 3.46. The molecule has 0 saturated heterocycles. The fourth-order valence-electron chi connectivity index (χ4n) is 1.11. The molecule has 0 spiro atoms. The van der Waals surface area contributed by atoms with Crippen LogP contribution in [0.1, 0.15) is 16.3 Å². The molecular weight excluding hydrogens is 246 g/mol. The van der Waals surface area contributed by atoms with Gasteiger partial charge >= 0.3 is 0 Å². The average Bonchev–Trinajstić information content (AvgIpc) is 2.83. The van der Waals surface area contributed by atoms with Gasteiger partial charge in [-0.15, -0.1) is 0 Å². The molecule has 0 atom stereocenters. The van der Waals surface area contributed by atoms with Crippen LogP contribution in [0, 0.1) is 0 Å². The lowest BCUT2D eigenvalue weighted by Crippen LogP contribution is -2.26. The van der Waals surface area contributed by atoms with Gasteiger partial charge in [-0.2, -0.15) is 4.98 Å². The minimum Gasteiger partial charge on any atom is -0.350 e. The predicted octanol–water partition coefficient (Wildman–Crippen LogP) is 0.485. The third-order valence-electron chi connectivity index (χ3n) is 1.89. The van der Waals surface area contributed by atoms with Crippen LogP contribution < -0.4 is 5.32 Å². The number of hydrogen-bond donors (Lipinski definition) is 1. The molecule has 2 aromatic rings. The van der Waals surface area contributed by atoms with Gasteiger partial charge in [0.15, 0.2) is 5.82 Å². The molecule has 1 N–H and O–H groups in total. The van der Waals surface area contributed by atoms with Gasteiger partial charge in [0.05, 0.1) is 12.4 Å². The zero-order valence-electron chi connectivity index (χ0n) is 8.63. The van der Waals surface area contributed by atoms with E-state index in [9.17, 15) is 4.79 Å². The first-order valence-electron chi connectivity index (χ1n) is 4.76. The fraction of sp³-hybridized carbons (Fsp3) is 0.222. The third-order valence-corrected chi connectivity index (χ3v) is 2.09. The van der Waals surface area contributed by atoms with Crippen molar-refractivity contribution in [1.82, 2.24) is 25.4 Å². The van der Waals surface area contributed by atoms with Crippen molar-refractivity contribution >= 4 is 17.5 Å². The highest BCUT2D eigenvalue weighted by Gasteiger charge is 2.07. The fourth-order valence-corrected chi connectivity index (χ4v) is 1.21. The maximum atomic E-state index is 11.6. The highest BCUT2D eigenvalue weighted by atomic mass is 35.5. The van der Waals surface area contributed by atoms with E-state index in [0.29, 0.717) is 18.8 Å². The van der Waals surface area contributed by atoms with E-state index >= 15 is 0 Å². The molecular formula is C9H8ClN5O2. The molecule has 7 nitrogen and oxygen atoms in total. The van der Waals surface area contributed by atoms with E-state index < -0.39 is 0 Å². The van der Waals surface area contributed by atoms with E-state index in [1.165, 1.54) is 18.8 Å². The smallest absolute Gasteiger partial charge is 0.271 e. The number of halogens is 1. The standard InChI is InChI=1S/C9H8ClN5O2/c10-7-4-12-6(3-13-7)9(16)11-2-1-8-14-5-17-15-8/h3-5H,1-2H2,(H,11,16). The molecule has 0 unspecified atom stereocenters. The van der Waals surface area contributed by atoms with Crippen molar-refractivity contribution in [3.05, 3.63) is 35.5 Å². The molecule has 0 aliphatic heterocycles. The predicted molar refractivity (Wildman–Crippen MR) is 57.4 cm³/mol. The van der Waals surface area contributed by atoms with Crippen LogP contribution in [0.3, 0.4) is 0 Å². The van der Waals surface area contributed by atoms with Gasteiger partial charge in [0, 0.05) is 13.0 Å². The van der Waals surface area contributed by atoms with E-state index in [1.807, 2.05) is 0 Å². The first-order valence-corrected chi connectivity index (χ1v) is 5.14. The van der Waals surface area contributed by atoms with Crippen LogP contribution in [0.2, 0.25) is 5.15 Å². The molecule has 0 aliphatic rings. The highest BCUT2D eigenvalue weighted by Crippen LogP contribution is 2.01. The Morgan fingerprint density at radius 1 is 1.35 bits per heavy atom. The first kappa shape index (κ1) is 11.5. The van der Waals surface area contributed by atoms with Crippen LogP contribution in [0.4, 0.5) is 0 Å². The van der Waals surface area contributed by atoms with Crippen molar-refractivity contribution in [3.63, 3.8) is 0 Å². The molecule has 2 rings (SSSR count). The highest BCUT2D eigenvalue weighted by molar-refractivity contribution is 6.29. The summed E-state index contributed by atoms with van der Waals surface area (Å²) in [4.78, 5) is 23.0. The number of carbonyl (C=O) groups is 1. The molecule has 2 aromatic heterocycles. The normalized spacial score (nSPS) is 10.2. The van der Waals surface area contributed by atoms with Gasteiger partial charge in [-0.25, -0.2) is 9.97 Å². The zero-order chi connectivity index (χ0) is 12.1.